The van der Waals surface area contributed by atoms with Gasteiger partial charge < -0.3 is 15.4 Å². The fourth-order valence-electron chi connectivity index (χ4n) is 2.45. The van der Waals surface area contributed by atoms with Crippen molar-refractivity contribution in [2.45, 2.75) is 19.4 Å². The number of hydrogen-bond donors (Lipinski definition) is 1. The van der Waals surface area contributed by atoms with Crippen LogP contribution in [-0.2, 0) is 0 Å². The Bertz CT molecular complexity index is 382. The number of nitrogens with two attached hydrogens (primary N) is 1. The van der Waals surface area contributed by atoms with E-state index in [0.29, 0.717) is 6.54 Å². The highest BCUT2D eigenvalue weighted by Crippen LogP contribution is 2.28. The molecule has 4 nitrogen and oxygen atoms in total. The summed E-state index contributed by atoms with van der Waals surface area (Å²) in [6.45, 7) is 5.91. The molecule has 0 fully saturated rings. The van der Waals surface area contributed by atoms with Gasteiger partial charge in [-0.25, -0.2) is 0 Å². The summed E-state index contributed by atoms with van der Waals surface area (Å²) in [6, 6.07) is 8.39. The zero-order valence-corrected chi connectivity index (χ0v) is 13.3. The summed E-state index contributed by atoms with van der Waals surface area (Å²) in [5.41, 5.74) is 7.24. The summed E-state index contributed by atoms with van der Waals surface area (Å²) in [7, 11) is 5.92. The van der Waals surface area contributed by atoms with Gasteiger partial charge in [-0.3, -0.25) is 4.90 Å². The molecule has 2 N–H and O–H groups in total. The molecule has 0 spiro atoms. The Morgan fingerprint density at radius 2 is 1.85 bits per heavy atom. The normalized spacial score (nSPS) is 12.9. The van der Waals surface area contributed by atoms with E-state index >= 15 is 0 Å². The molecule has 0 heterocycles. The van der Waals surface area contributed by atoms with Gasteiger partial charge in [0.15, 0.2) is 0 Å². The number of rotatable bonds is 9. The molecule has 20 heavy (non-hydrogen) atoms. The predicted octanol–water partition coefficient (Wildman–Crippen LogP) is 1.97. The predicted molar refractivity (Wildman–Crippen MR) is 85.2 cm³/mol. The second-order valence-corrected chi connectivity index (χ2v) is 5.33. The summed E-state index contributed by atoms with van der Waals surface area (Å²) < 4.78 is 5.49. The van der Waals surface area contributed by atoms with E-state index in [9.17, 15) is 0 Å². The maximum Gasteiger partial charge on any atom is 0.123 e. The van der Waals surface area contributed by atoms with Crippen molar-refractivity contribution in [3.05, 3.63) is 29.8 Å². The number of benzene rings is 1. The Hall–Kier alpha value is -1.10. The van der Waals surface area contributed by atoms with E-state index in [0.717, 1.165) is 31.8 Å². The number of ether oxygens (including phenoxy) is 1. The minimum Gasteiger partial charge on any atom is -0.496 e. The minimum atomic E-state index is 0.214. The molecule has 0 aliphatic carbocycles. The van der Waals surface area contributed by atoms with Crippen molar-refractivity contribution in [1.82, 2.24) is 9.80 Å². The van der Waals surface area contributed by atoms with Gasteiger partial charge in [-0.1, -0.05) is 25.1 Å². The molecule has 0 radical (unpaired) electrons. The second kappa shape index (κ2) is 8.95. The fourth-order valence-corrected chi connectivity index (χ4v) is 2.45. The fraction of sp³-hybridized carbons (Fsp3) is 0.625. The molecule has 1 aromatic carbocycles. The number of nitrogens with zero attached hydrogens (tertiary/aromatic N) is 2. The largest absolute Gasteiger partial charge is 0.496 e. The van der Waals surface area contributed by atoms with Gasteiger partial charge in [0.1, 0.15) is 5.75 Å². The van der Waals surface area contributed by atoms with E-state index < -0.39 is 0 Å². The van der Waals surface area contributed by atoms with Crippen molar-refractivity contribution in [1.29, 1.82) is 0 Å². The van der Waals surface area contributed by atoms with E-state index in [1.165, 1.54) is 5.56 Å². The lowest BCUT2D eigenvalue weighted by molar-refractivity contribution is 0.179. The van der Waals surface area contributed by atoms with Gasteiger partial charge in [0.2, 0.25) is 0 Å². The van der Waals surface area contributed by atoms with Crippen LogP contribution in [0.15, 0.2) is 24.3 Å². The zero-order valence-electron chi connectivity index (χ0n) is 13.3. The van der Waals surface area contributed by atoms with Crippen molar-refractivity contribution in [2.75, 3.05) is 47.4 Å². The van der Waals surface area contributed by atoms with Crippen LogP contribution in [0.5, 0.6) is 5.75 Å². The lowest BCUT2D eigenvalue weighted by atomic mass is 10.0. The lowest BCUT2D eigenvalue weighted by Crippen LogP contribution is -2.38. The smallest absolute Gasteiger partial charge is 0.123 e. The zero-order chi connectivity index (χ0) is 15.0. The molecular formula is C16H29N3O. The Morgan fingerprint density at radius 3 is 2.40 bits per heavy atom. The molecule has 0 bridgehead atoms. The maximum absolute atomic E-state index is 6.06. The molecule has 0 aromatic heterocycles. The molecule has 0 saturated carbocycles. The summed E-state index contributed by atoms with van der Waals surface area (Å²) in [5, 5.41) is 0. The molecule has 4 heteroatoms. The van der Waals surface area contributed by atoms with Crippen LogP contribution in [0.3, 0.4) is 0 Å². The van der Waals surface area contributed by atoms with Crippen LogP contribution in [0.2, 0.25) is 0 Å². The molecule has 0 aliphatic rings. The maximum atomic E-state index is 6.06. The quantitative estimate of drug-likeness (QED) is 0.750. The third-order valence-electron chi connectivity index (χ3n) is 3.51. The molecule has 0 aliphatic heterocycles. The average Bonchev–Trinajstić information content (AvgIpc) is 2.45. The molecule has 1 atom stereocenters. The molecule has 1 unspecified atom stereocenters. The number of hydrogen-bond acceptors (Lipinski definition) is 4. The van der Waals surface area contributed by atoms with Crippen LogP contribution in [0.25, 0.3) is 0 Å². The van der Waals surface area contributed by atoms with Crippen molar-refractivity contribution < 1.29 is 4.74 Å². The SMILES string of the molecule is CCCN(CCN(C)C)C(CN)c1ccccc1OC. The third-order valence-corrected chi connectivity index (χ3v) is 3.51. The topological polar surface area (TPSA) is 41.7 Å². The standard InChI is InChI=1S/C16H29N3O/c1-5-10-19(12-11-18(2)3)15(13-17)14-8-6-7-9-16(14)20-4/h6-9,15H,5,10-13,17H2,1-4H3. The first-order valence-electron chi connectivity index (χ1n) is 7.35. The highest BCUT2D eigenvalue weighted by molar-refractivity contribution is 5.36. The molecule has 114 valence electrons. The number of para-hydroxylation sites is 1. The molecule has 0 amide bonds. The van der Waals surface area contributed by atoms with Crippen LogP contribution >= 0.6 is 0 Å². The average molecular weight is 279 g/mol. The summed E-state index contributed by atoms with van der Waals surface area (Å²) in [6.07, 6.45) is 1.12. The van der Waals surface area contributed by atoms with Crippen molar-refractivity contribution in [3.63, 3.8) is 0 Å². The monoisotopic (exact) mass is 279 g/mol. The van der Waals surface area contributed by atoms with Crippen LogP contribution in [0.1, 0.15) is 24.9 Å². The first-order valence-corrected chi connectivity index (χ1v) is 7.35. The molecule has 0 saturated heterocycles. The van der Waals surface area contributed by atoms with E-state index in [4.69, 9.17) is 10.5 Å². The molecule has 1 rings (SSSR count). The second-order valence-electron chi connectivity index (χ2n) is 5.33. The summed E-state index contributed by atoms with van der Waals surface area (Å²) >= 11 is 0. The Balaban J connectivity index is 2.93. The van der Waals surface area contributed by atoms with Gasteiger partial charge in [0, 0.05) is 25.2 Å². The first-order chi connectivity index (χ1) is 9.63. The van der Waals surface area contributed by atoms with Gasteiger partial charge in [0.25, 0.3) is 0 Å². The Morgan fingerprint density at radius 1 is 1.15 bits per heavy atom. The van der Waals surface area contributed by atoms with Gasteiger partial charge in [-0.05, 0) is 33.1 Å². The number of likely N-dealkylation sites (N-methyl/N-ethyl adjacent to an activating group) is 1. The summed E-state index contributed by atoms with van der Waals surface area (Å²) in [5.74, 6) is 0.925. The van der Waals surface area contributed by atoms with Crippen molar-refractivity contribution >= 4 is 0 Å². The Kier molecular flexibility index (Phi) is 7.59. The van der Waals surface area contributed by atoms with Gasteiger partial charge in [-0.2, -0.15) is 0 Å². The van der Waals surface area contributed by atoms with Crippen molar-refractivity contribution in [2.24, 2.45) is 5.73 Å². The molecular weight excluding hydrogens is 250 g/mol. The van der Waals surface area contributed by atoms with Crippen LogP contribution in [0, 0.1) is 0 Å². The Labute approximate surface area is 123 Å². The highest BCUT2D eigenvalue weighted by atomic mass is 16.5. The van der Waals surface area contributed by atoms with Crippen molar-refractivity contribution in [3.8, 4) is 5.75 Å². The number of methoxy groups -OCH3 is 1. The molecule has 1 aromatic rings. The van der Waals surface area contributed by atoms with E-state index in [1.807, 2.05) is 12.1 Å². The highest BCUT2D eigenvalue weighted by Gasteiger charge is 2.21. The minimum absolute atomic E-state index is 0.214. The van der Waals surface area contributed by atoms with Gasteiger partial charge >= 0.3 is 0 Å². The van der Waals surface area contributed by atoms with Crippen LogP contribution in [0.4, 0.5) is 0 Å². The van der Waals surface area contributed by atoms with Crippen LogP contribution < -0.4 is 10.5 Å². The van der Waals surface area contributed by atoms with E-state index in [2.05, 4.69) is 43.0 Å². The first kappa shape index (κ1) is 17.0. The van der Waals surface area contributed by atoms with Gasteiger partial charge in [0.05, 0.1) is 13.2 Å². The van der Waals surface area contributed by atoms with Crippen LogP contribution in [-0.4, -0.2) is 57.2 Å². The third kappa shape index (κ3) is 4.78. The lowest BCUT2D eigenvalue weighted by Gasteiger charge is -2.32. The van der Waals surface area contributed by atoms with Gasteiger partial charge in [-0.15, -0.1) is 0 Å². The summed E-state index contributed by atoms with van der Waals surface area (Å²) in [4.78, 5) is 4.66. The van der Waals surface area contributed by atoms with E-state index in [1.54, 1.807) is 7.11 Å². The van der Waals surface area contributed by atoms with E-state index in [-0.39, 0.29) is 6.04 Å².